The van der Waals surface area contributed by atoms with Crippen molar-refractivity contribution in [3.8, 4) is 0 Å². The van der Waals surface area contributed by atoms with Gasteiger partial charge in [0.1, 0.15) is 0 Å². The Bertz CT molecular complexity index is 569. The van der Waals surface area contributed by atoms with Gasteiger partial charge in [-0.3, -0.25) is 10.0 Å². The molecule has 106 valence electrons. The first-order chi connectivity index (χ1) is 9.67. The number of rotatable bonds is 6. The Labute approximate surface area is 130 Å². The van der Waals surface area contributed by atoms with Gasteiger partial charge in [0, 0.05) is 22.7 Å². The highest BCUT2D eigenvalue weighted by atomic mass is 79.9. The average molecular weight is 355 g/mol. The van der Waals surface area contributed by atoms with Gasteiger partial charge in [-0.2, -0.15) is 0 Å². The summed E-state index contributed by atoms with van der Waals surface area (Å²) < 4.78 is 1.08. The number of carbonyl (C=O) groups excluding carboxylic acids is 1. The third-order valence-corrected chi connectivity index (χ3v) is 4.36. The van der Waals surface area contributed by atoms with Gasteiger partial charge in [-0.15, -0.1) is 11.3 Å². The van der Waals surface area contributed by atoms with Crippen molar-refractivity contribution < 1.29 is 10.0 Å². The molecule has 1 heterocycles. The van der Waals surface area contributed by atoms with Crippen LogP contribution in [-0.4, -0.2) is 16.1 Å². The minimum atomic E-state index is -0.380. The van der Waals surface area contributed by atoms with Crippen molar-refractivity contribution in [2.75, 3.05) is 0 Å². The lowest BCUT2D eigenvalue weighted by Crippen LogP contribution is -2.18. The number of nitrogens with one attached hydrogen (secondary N) is 1. The third-order valence-electron chi connectivity index (χ3n) is 2.87. The molecule has 6 heteroatoms. The first-order valence-corrected chi connectivity index (χ1v) is 7.95. The Morgan fingerprint density at radius 1 is 1.25 bits per heavy atom. The number of hydrogen-bond donors (Lipinski definition) is 2. The molecule has 2 rings (SSSR count). The SMILES string of the molecule is O=C(CCc1csc(CCc2ccc(Br)cc2)n1)NO. The fraction of sp³-hybridized carbons (Fsp3) is 0.286. The molecule has 20 heavy (non-hydrogen) atoms. The van der Waals surface area contributed by atoms with Gasteiger partial charge in [-0.25, -0.2) is 10.5 Å². The number of benzene rings is 1. The number of hydrogen-bond acceptors (Lipinski definition) is 4. The van der Waals surface area contributed by atoms with E-state index < -0.39 is 0 Å². The predicted molar refractivity (Wildman–Crippen MR) is 81.9 cm³/mol. The Morgan fingerprint density at radius 3 is 2.70 bits per heavy atom. The molecule has 1 aromatic heterocycles. The maximum absolute atomic E-state index is 10.9. The van der Waals surface area contributed by atoms with Crippen LogP contribution in [0.1, 0.15) is 22.7 Å². The van der Waals surface area contributed by atoms with E-state index in [2.05, 4.69) is 33.0 Å². The van der Waals surface area contributed by atoms with Crippen molar-refractivity contribution in [2.24, 2.45) is 0 Å². The number of nitrogens with zero attached hydrogens (tertiary/aromatic N) is 1. The van der Waals surface area contributed by atoms with E-state index in [0.29, 0.717) is 6.42 Å². The smallest absolute Gasteiger partial charge is 0.243 e. The summed E-state index contributed by atoms with van der Waals surface area (Å²) in [6, 6.07) is 8.28. The Kier molecular flexibility index (Phi) is 5.70. The van der Waals surface area contributed by atoms with E-state index in [4.69, 9.17) is 5.21 Å². The molecule has 2 aromatic rings. The molecule has 0 atom stereocenters. The number of aryl methyl sites for hydroxylation is 3. The molecule has 0 saturated heterocycles. The summed E-state index contributed by atoms with van der Waals surface area (Å²) in [5.41, 5.74) is 3.81. The number of carbonyl (C=O) groups is 1. The molecule has 0 radical (unpaired) electrons. The molecule has 0 spiro atoms. The highest BCUT2D eigenvalue weighted by molar-refractivity contribution is 9.10. The summed E-state index contributed by atoms with van der Waals surface area (Å²) in [7, 11) is 0. The minimum Gasteiger partial charge on any atom is -0.289 e. The van der Waals surface area contributed by atoms with Crippen molar-refractivity contribution in [3.63, 3.8) is 0 Å². The molecule has 0 bridgehead atoms. The Balaban J connectivity index is 1.83. The van der Waals surface area contributed by atoms with Crippen LogP contribution in [-0.2, 0) is 24.1 Å². The first-order valence-electron chi connectivity index (χ1n) is 6.28. The van der Waals surface area contributed by atoms with E-state index in [-0.39, 0.29) is 12.3 Å². The summed E-state index contributed by atoms with van der Waals surface area (Å²) in [6.07, 6.45) is 2.67. The van der Waals surface area contributed by atoms with Crippen LogP contribution in [0.15, 0.2) is 34.1 Å². The Morgan fingerprint density at radius 2 is 2.00 bits per heavy atom. The largest absolute Gasteiger partial charge is 0.289 e. The van der Waals surface area contributed by atoms with Gasteiger partial charge in [0.05, 0.1) is 10.7 Å². The van der Waals surface area contributed by atoms with Crippen molar-refractivity contribution in [1.82, 2.24) is 10.5 Å². The van der Waals surface area contributed by atoms with Gasteiger partial charge < -0.3 is 0 Å². The molecule has 0 unspecified atom stereocenters. The van der Waals surface area contributed by atoms with Gasteiger partial charge in [0.2, 0.25) is 5.91 Å². The molecule has 1 aromatic carbocycles. The highest BCUT2D eigenvalue weighted by Crippen LogP contribution is 2.16. The number of amides is 1. The lowest BCUT2D eigenvalue weighted by molar-refractivity contribution is -0.129. The zero-order valence-electron chi connectivity index (χ0n) is 10.8. The molecule has 2 N–H and O–H groups in total. The Hall–Kier alpha value is -1.24. The fourth-order valence-electron chi connectivity index (χ4n) is 1.78. The second kappa shape index (κ2) is 7.52. The fourth-order valence-corrected chi connectivity index (χ4v) is 2.88. The van der Waals surface area contributed by atoms with Crippen molar-refractivity contribution in [2.45, 2.75) is 25.7 Å². The third kappa shape index (κ3) is 4.70. The molecule has 1 amide bonds. The lowest BCUT2D eigenvalue weighted by Gasteiger charge is -1.99. The number of aromatic nitrogens is 1. The number of halogens is 1. The van der Waals surface area contributed by atoms with E-state index in [1.54, 1.807) is 16.8 Å². The molecule has 0 aliphatic heterocycles. The second-order valence-corrected chi connectivity index (χ2v) is 6.25. The molecule has 0 saturated carbocycles. The van der Waals surface area contributed by atoms with E-state index in [1.165, 1.54) is 5.56 Å². The normalized spacial score (nSPS) is 10.5. The molecular weight excluding hydrogens is 340 g/mol. The quantitative estimate of drug-likeness (QED) is 0.618. The van der Waals surface area contributed by atoms with E-state index in [9.17, 15) is 4.79 Å². The van der Waals surface area contributed by atoms with Crippen LogP contribution in [0, 0.1) is 0 Å². The van der Waals surface area contributed by atoms with Crippen molar-refractivity contribution in [1.29, 1.82) is 0 Å². The van der Waals surface area contributed by atoms with Crippen LogP contribution in [0.3, 0.4) is 0 Å². The van der Waals surface area contributed by atoms with Crippen LogP contribution in [0.5, 0.6) is 0 Å². The maximum atomic E-state index is 10.9. The maximum Gasteiger partial charge on any atom is 0.243 e. The van der Waals surface area contributed by atoms with E-state index in [0.717, 1.165) is 28.0 Å². The zero-order chi connectivity index (χ0) is 14.4. The van der Waals surface area contributed by atoms with Gasteiger partial charge in [-0.05, 0) is 30.5 Å². The first kappa shape index (κ1) is 15.2. The predicted octanol–water partition coefficient (Wildman–Crippen LogP) is 3.13. The lowest BCUT2D eigenvalue weighted by atomic mass is 10.1. The standard InChI is InChI=1S/C14H15BrN2O2S/c15-11-4-1-10(2-5-11)3-8-14-16-12(9-20-14)6-7-13(18)17-19/h1-2,4-5,9,19H,3,6-8H2,(H,17,18). The summed E-state index contributed by atoms with van der Waals surface area (Å²) in [5.74, 6) is -0.380. The molecule has 0 fully saturated rings. The van der Waals surface area contributed by atoms with Crippen LogP contribution < -0.4 is 5.48 Å². The molecular formula is C14H15BrN2O2S. The van der Waals surface area contributed by atoms with Gasteiger partial charge in [-0.1, -0.05) is 28.1 Å². The van der Waals surface area contributed by atoms with E-state index in [1.807, 2.05) is 17.5 Å². The molecule has 0 aliphatic carbocycles. The summed E-state index contributed by atoms with van der Waals surface area (Å²) in [4.78, 5) is 15.4. The van der Waals surface area contributed by atoms with Crippen LogP contribution in [0.25, 0.3) is 0 Å². The summed E-state index contributed by atoms with van der Waals surface area (Å²) >= 11 is 5.04. The van der Waals surface area contributed by atoms with Crippen LogP contribution in [0.4, 0.5) is 0 Å². The number of hydroxylamine groups is 1. The van der Waals surface area contributed by atoms with Gasteiger partial charge >= 0.3 is 0 Å². The van der Waals surface area contributed by atoms with Crippen LogP contribution in [0.2, 0.25) is 0 Å². The topological polar surface area (TPSA) is 62.2 Å². The van der Waals surface area contributed by atoms with Gasteiger partial charge in [0.15, 0.2) is 0 Å². The monoisotopic (exact) mass is 354 g/mol. The van der Waals surface area contributed by atoms with Crippen LogP contribution >= 0.6 is 27.3 Å². The highest BCUT2D eigenvalue weighted by Gasteiger charge is 2.05. The summed E-state index contributed by atoms with van der Waals surface area (Å²) in [6.45, 7) is 0. The van der Waals surface area contributed by atoms with Crippen molar-refractivity contribution >= 4 is 33.2 Å². The average Bonchev–Trinajstić information content (AvgIpc) is 2.92. The number of thiazole rings is 1. The molecule has 0 aliphatic rings. The second-order valence-electron chi connectivity index (χ2n) is 4.39. The molecule has 4 nitrogen and oxygen atoms in total. The van der Waals surface area contributed by atoms with E-state index >= 15 is 0 Å². The van der Waals surface area contributed by atoms with Gasteiger partial charge in [0.25, 0.3) is 0 Å². The minimum absolute atomic E-state index is 0.256. The zero-order valence-corrected chi connectivity index (χ0v) is 13.2. The van der Waals surface area contributed by atoms with Crippen molar-refractivity contribution in [3.05, 3.63) is 50.4 Å². The summed E-state index contributed by atoms with van der Waals surface area (Å²) in [5, 5.41) is 11.5.